The Morgan fingerprint density at radius 2 is 2.28 bits per heavy atom. The van der Waals surface area contributed by atoms with Crippen molar-refractivity contribution in [1.82, 2.24) is 15.5 Å². The summed E-state index contributed by atoms with van der Waals surface area (Å²) in [4.78, 5) is 23.3. The topological polar surface area (TPSA) is 77.8 Å². The molecule has 0 radical (unpaired) electrons. The van der Waals surface area contributed by atoms with Crippen molar-refractivity contribution < 1.29 is 4.79 Å². The van der Waals surface area contributed by atoms with Crippen molar-refractivity contribution in [1.29, 1.82) is 0 Å². The average Bonchev–Trinajstić information content (AvgIpc) is 2.94. The van der Waals surface area contributed by atoms with E-state index in [0.717, 1.165) is 5.56 Å². The van der Waals surface area contributed by atoms with Crippen LogP contribution in [0.4, 0.5) is 0 Å². The number of aromatic amines is 2. The molecule has 0 aliphatic carbocycles. The number of rotatable bonds is 4. The van der Waals surface area contributed by atoms with Crippen LogP contribution in [-0.2, 0) is 11.2 Å². The van der Waals surface area contributed by atoms with E-state index >= 15 is 0 Å². The summed E-state index contributed by atoms with van der Waals surface area (Å²) in [6, 6.07) is 1.94. The number of hydrogen-bond donors (Lipinski definition) is 3. The van der Waals surface area contributed by atoms with Gasteiger partial charge in [-0.1, -0.05) is 0 Å². The van der Waals surface area contributed by atoms with Gasteiger partial charge in [-0.05, 0) is 36.2 Å². The minimum Gasteiger partial charge on any atom is -0.349 e. The molecule has 18 heavy (non-hydrogen) atoms. The number of aryl methyl sites for hydroxylation is 1. The van der Waals surface area contributed by atoms with Gasteiger partial charge in [-0.15, -0.1) is 0 Å². The molecule has 0 aliphatic rings. The van der Waals surface area contributed by atoms with Gasteiger partial charge < -0.3 is 10.4 Å². The smallest absolute Gasteiger partial charge is 0.267 e. The number of thiophene rings is 1. The molecule has 2 aromatic heterocycles. The number of amides is 1. The van der Waals surface area contributed by atoms with Crippen LogP contribution in [0.2, 0.25) is 0 Å². The van der Waals surface area contributed by atoms with E-state index in [2.05, 4.69) is 15.5 Å². The third kappa shape index (κ3) is 2.70. The molecule has 5 nitrogen and oxygen atoms in total. The molecule has 1 unspecified atom stereocenters. The molecule has 2 rings (SSSR count). The van der Waals surface area contributed by atoms with Crippen molar-refractivity contribution in [3.63, 3.8) is 0 Å². The molecule has 2 heterocycles. The van der Waals surface area contributed by atoms with Crippen molar-refractivity contribution in [2.75, 3.05) is 0 Å². The van der Waals surface area contributed by atoms with Gasteiger partial charge in [-0.3, -0.25) is 14.7 Å². The molecular weight excluding hydrogens is 250 g/mol. The molecular formula is C12H15N3O2S. The van der Waals surface area contributed by atoms with Crippen LogP contribution in [0.5, 0.6) is 0 Å². The highest BCUT2D eigenvalue weighted by atomic mass is 32.1. The second-order valence-electron chi connectivity index (χ2n) is 4.21. The number of carbonyl (C=O) groups excluding carboxylic acids is 1. The van der Waals surface area contributed by atoms with Gasteiger partial charge in [-0.2, -0.15) is 11.3 Å². The molecule has 0 saturated carbocycles. The molecule has 0 spiro atoms. The molecule has 1 atom stereocenters. The summed E-state index contributed by atoms with van der Waals surface area (Å²) in [5.74, 6) is -0.151. The highest BCUT2D eigenvalue weighted by Crippen LogP contribution is 2.15. The zero-order valence-electron chi connectivity index (χ0n) is 10.2. The Morgan fingerprint density at radius 1 is 1.50 bits per heavy atom. The molecule has 2 aromatic rings. The van der Waals surface area contributed by atoms with Crippen molar-refractivity contribution in [2.45, 2.75) is 26.3 Å². The highest BCUT2D eigenvalue weighted by Gasteiger charge is 2.14. The summed E-state index contributed by atoms with van der Waals surface area (Å²) >= 11 is 1.59. The molecule has 6 heteroatoms. The Kier molecular flexibility index (Phi) is 3.66. The van der Waals surface area contributed by atoms with Crippen LogP contribution >= 0.6 is 11.3 Å². The standard InChI is InChI=1S/C12H15N3O2S/c1-7(9-3-4-18-6-9)13-11(16)5-10-8(2)14-15-12(10)17/h3-4,6-7H,5H2,1-2H3,(H,13,16)(H2,14,15,17). The molecule has 0 fully saturated rings. The lowest BCUT2D eigenvalue weighted by Crippen LogP contribution is -2.29. The number of carbonyl (C=O) groups is 1. The maximum absolute atomic E-state index is 11.8. The first-order valence-electron chi connectivity index (χ1n) is 5.65. The predicted octanol–water partition coefficient (Wildman–Crippen LogP) is 1.49. The van der Waals surface area contributed by atoms with Gasteiger partial charge in [0.25, 0.3) is 5.56 Å². The van der Waals surface area contributed by atoms with Crippen molar-refractivity contribution in [3.8, 4) is 0 Å². The van der Waals surface area contributed by atoms with E-state index in [1.165, 1.54) is 0 Å². The Morgan fingerprint density at radius 3 is 2.83 bits per heavy atom. The average molecular weight is 265 g/mol. The van der Waals surface area contributed by atoms with Crippen molar-refractivity contribution in [2.24, 2.45) is 0 Å². The van der Waals surface area contributed by atoms with E-state index in [4.69, 9.17) is 0 Å². The van der Waals surface area contributed by atoms with Gasteiger partial charge in [0.2, 0.25) is 5.91 Å². The number of aromatic nitrogens is 2. The van der Waals surface area contributed by atoms with E-state index in [-0.39, 0.29) is 23.9 Å². The van der Waals surface area contributed by atoms with Gasteiger partial charge in [-0.25, -0.2) is 0 Å². The summed E-state index contributed by atoms with van der Waals surface area (Å²) in [5.41, 5.74) is 2.04. The molecule has 0 saturated heterocycles. The van der Waals surface area contributed by atoms with Crippen LogP contribution in [-0.4, -0.2) is 16.1 Å². The number of H-pyrrole nitrogens is 2. The molecule has 0 aliphatic heterocycles. The third-order valence-electron chi connectivity index (χ3n) is 2.85. The Bertz CT molecular complexity index is 583. The lowest BCUT2D eigenvalue weighted by atomic mass is 10.1. The first-order chi connectivity index (χ1) is 8.58. The first kappa shape index (κ1) is 12.6. The first-order valence-corrected chi connectivity index (χ1v) is 6.59. The van der Waals surface area contributed by atoms with Crippen molar-refractivity contribution >= 4 is 17.2 Å². The second-order valence-corrected chi connectivity index (χ2v) is 4.99. The van der Waals surface area contributed by atoms with Crippen LogP contribution in [0, 0.1) is 6.92 Å². The largest absolute Gasteiger partial charge is 0.349 e. The molecule has 96 valence electrons. The minimum atomic E-state index is -0.231. The third-order valence-corrected chi connectivity index (χ3v) is 3.55. The monoisotopic (exact) mass is 265 g/mol. The van der Waals surface area contributed by atoms with Crippen LogP contribution in [0.3, 0.4) is 0 Å². The SMILES string of the molecule is Cc1[nH][nH]c(=O)c1CC(=O)NC(C)c1ccsc1. The lowest BCUT2D eigenvalue weighted by Gasteiger charge is -2.12. The maximum atomic E-state index is 11.8. The zero-order valence-corrected chi connectivity index (χ0v) is 11.1. The Labute approximate surface area is 108 Å². The zero-order chi connectivity index (χ0) is 13.1. The lowest BCUT2D eigenvalue weighted by molar-refractivity contribution is -0.121. The normalized spacial score (nSPS) is 12.3. The van der Waals surface area contributed by atoms with Crippen LogP contribution in [0.25, 0.3) is 0 Å². The van der Waals surface area contributed by atoms with Crippen molar-refractivity contribution in [3.05, 3.63) is 44.0 Å². The van der Waals surface area contributed by atoms with E-state index in [0.29, 0.717) is 11.3 Å². The van der Waals surface area contributed by atoms with Gasteiger partial charge in [0.05, 0.1) is 12.5 Å². The van der Waals surface area contributed by atoms with Crippen LogP contribution in [0.1, 0.15) is 29.8 Å². The van der Waals surface area contributed by atoms with E-state index in [1.807, 2.05) is 23.8 Å². The summed E-state index contributed by atoms with van der Waals surface area (Å²) in [6.45, 7) is 3.69. The molecule has 1 amide bonds. The van der Waals surface area contributed by atoms with Crippen LogP contribution < -0.4 is 10.9 Å². The molecule has 3 N–H and O–H groups in total. The fourth-order valence-corrected chi connectivity index (χ4v) is 2.50. The van der Waals surface area contributed by atoms with Gasteiger partial charge in [0.1, 0.15) is 0 Å². The van der Waals surface area contributed by atoms with Gasteiger partial charge in [0, 0.05) is 11.3 Å². The number of nitrogens with one attached hydrogen (secondary N) is 3. The summed E-state index contributed by atoms with van der Waals surface area (Å²) in [5, 5.41) is 12.0. The van der Waals surface area contributed by atoms with E-state index in [1.54, 1.807) is 18.3 Å². The minimum absolute atomic E-state index is 0.0397. The summed E-state index contributed by atoms with van der Waals surface area (Å²) in [7, 11) is 0. The highest BCUT2D eigenvalue weighted by molar-refractivity contribution is 7.07. The predicted molar refractivity (Wildman–Crippen MR) is 70.7 cm³/mol. The molecule has 0 aromatic carbocycles. The van der Waals surface area contributed by atoms with E-state index < -0.39 is 0 Å². The van der Waals surface area contributed by atoms with E-state index in [9.17, 15) is 9.59 Å². The number of hydrogen-bond acceptors (Lipinski definition) is 3. The summed E-state index contributed by atoms with van der Waals surface area (Å²) in [6.07, 6.45) is 0.0964. The fourth-order valence-electron chi connectivity index (χ4n) is 1.74. The maximum Gasteiger partial charge on any atom is 0.267 e. The Hall–Kier alpha value is -1.82. The Balaban J connectivity index is 1.99. The van der Waals surface area contributed by atoms with Gasteiger partial charge in [0.15, 0.2) is 0 Å². The van der Waals surface area contributed by atoms with Gasteiger partial charge >= 0.3 is 0 Å². The second kappa shape index (κ2) is 5.22. The fraction of sp³-hybridized carbons (Fsp3) is 0.333. The molecule has 0 bridgehead atoms. The quantitative estimate of drug-likeness (QED) is 0.783. The summed E-state index contributed by atoms with van der Waals surface area (Å²) < 4.78 is 0. The van der Waals surface area contributed by atoms with Crippen LogP contribution in [0.15, 0.2) is 21.6 Å².